The summed E-state index contributed by atoms with van der Waals surface area (Å²) in [4.78, 5) is 16.2. The molecule has 1 N–H and O–H groups in total. The fraction of sp³-hybridized carbons (Fsp3) is 0.316. The van der Waals surface area contributed by atoms with E-state index in [4.69, 9.17) is 9.47 Å². The molecule has 1 aliphatic rings. The van der Waals surface area contributed by atoms with E-state index in [0.29, 0.717) is 11.5 Å². The van der Waals surface area contributed by atoms with E-state index in [1.807, 2.05) is 18.2 Å². The van der Waals surface area contributed by atoms with E-state index < -0.39 is 6.10 Å². The van der Waals surface area contributed by atoms with Crippen LogP contribution in [0.25, 0.3) is 0 Å². The molecule has 2 aromatic rings. The maximum absolute atomic E-state index is 12.2. The fourth-order valence-corrected chi connectivity index (χ4v) is 2.36. The Kier molecular flexibility index (Phi) is 4.70. The van der Waals surface area contributed by atoms with Crippen LogP contribution in [0.5, 0.6) is 11.5 Å². The summed E-state index contributed by atoms with van der Waals surface area (Å²) in [5.74, 6) is 0.881. The molecule has 3 rings (SSSR count). The predicted molar refractivity (Wildman–Crippen MR) is 95.0 cm³/mol. The molecule has 0 aliphatic carbocycles. The highest BCUT2D eigenvalue weighted by molar-refractivity contribution is 5.84. The van der Waals surface area contributed by atoms with E-state index in [0.717, 1.165) is 11.1 Å². The van der Waals surface area contributed by atoms with Gasteiger partial charge in [-0.15, -0.1) is 0 Å². The average Bonchev–Trinajstić information content (AvgIpc) is 2.61. The summed E-state index contributed by atoms with van der Waals surface area (Å²) in [5.41, 5.74) is 4.43. The zero-order valence-electron chi connectivity index (χ0n) is 14.5. The summed E-state index contributed by atoms with van der Waals surface area (Å²) in [6, 6.07) is 9.41. The Hall–Kier alpha value is -2.89. The molecule has 2 heterocycles. The highest BCUT2D eigenvalue weighted by Crippen LogP contribution is 2.36. The van der Waals surface area contributed by atoms with E-state index in [-0.39, 0.29) is 17.9 Å². The zero-order chi connectivity index (χ0) is 17.9. The van der Waals surface area contributed by atoms with Gasteiger partial charge in [0, 0.05) is 12.4 Å². The molecule has 25 heavy (non-hydrogen) atoms. The summed E-state index contributed by atoms with van der Waals surface area (Å²) in [7, 11) is 0. The number of aromatic nitrogens is 1. The molecule has 6 heteroatoms. The average molecular weight is 339 g/mol. The van der Waals surface area contributed by atoms with Gasteiger partial charge in [0.15, 0.2) is 11.5 Å². The molecule has 1 unspecified atom stereocenters. The highest BCUT2D eigenvalue weighted by atomic mass is 16.6. The van der Waals surface area contributed by atoms with E-state index in [9.17, 15) is 4.79 Å². The first-order chi connectivity index (χ1) is 11.9. The highest BCUT2D eigenvalue weighted by Gasteiger charge is 2.28. The van der Waals surface area contributed by atoms with Crippen LogP contribution < -0.4 is 14.9 Å². The third kappa shape index (κ3) is 4.15. The first-order valence-electron chi connectivity index (χ1n) is 8.10. The number of carbonyl (C=O) groups is 1. The number of rotatable bonds is 3. The Morgan fingerprint density at radius 3 is 2.72 bits per heavy atom. The quantitative estimate of drug-likeness (QED) is 0.689. The van der Waals surface area contributed by atoms with Gasteiger partial charge in [-0.2, -0.15) is 5.10 Å². The number of fused-ring (bicyclic) bond motifs is 1. The number of hydrogen-bond acceptors (Lipinski definition) is 5. The first-order valence-corrected chi connectivity index (χ1v) is 8.10. The van der Waals surface area contributed by atoms with Gasteiger partial charge in [-0.3, -0.25) is 9.78 Å². The van der Waals surface area contributed by atoms with Gasteiger partial charge in [-0.05, 0) is 40.8 Å². The molecule has 0 fully saturated rings. The third-order valence-corrected chi connectivity index (χ3v) is 3.86. The van der Waals surface area contributed by atoms with Crippen LogP contribution in [0.1, 0.15) is 31.9 Å². The van der Waals surface area contributed by atoms with Crippen LogP contribution in [-0.4, -0.2) is 29.8 Å². The van der Waals surface area contributed by atoms with Gasteiger partial charge in [0.1, 0.15) is 6.61 Å². The zero-order valence-corrected chi connectivity index (χ0v) is 14.5. The summed E-state index contributed by atoms with van der Waals surface area (Å²) in [5, 5.41) is 3.94. The van der Waals surface area contributed by atoms with E-state index in [1.165, 1.54) is 0 Å². The first kappa shape index (κ1) is 17.0. The van der Waals surface area contributed by atoms with Crippen LogP contribution in [0, 0.1) is 0 Å². The number of carbonyl (C=O) groups excluding carboxylic acids is 1. The van der Waals surface area contributed by atoms with Crippen molar-refractivity contribution in [3.8, 4) is 11.5 Å². The van der Waals surface area contributed by atoms with Gasteiger partial charge in [-0.25, -0.2) is 5.43 Å². The molecule has 0 saturated heterocycles. The Morgan fingerprint density at radius 2 is 2.00 bits per heavy atom. The van der Waals surface area contributed by atoms with Crippen LogP contribution in [0.15, 0.2) is 47.8 Å². The summed E-state index contributed by atoms with van der Waals surface area (Å²) in [6.45, 7) is 6.52. The Morgan fingerprint density at radius 1 is 1.24 bits per heavy atom. The van der Waals surface area contributed by atoms with Crippen LogP contribution in [-0.2, 0) is 10.2 Å². The Labute approximate surface area is 146 Å². The number of nitrogens with zero attached hydrogens (tertiary/aromatic N) is 2. The van der Waals surface area contributed by atoms with Gasteiger partial charge in [0.25, 0.3) is 5.91 Å². The lowest BCUT2D eigenvalue weighted by Crippen LogP contribution is -2.42. The smallest absolute Gasteiger partial charge is 0.284 e. The van der Waals surface area contributed by atoms with Crippen molar-refractivity contribution in [3.63, 3.8) is 0 Å². The molecule has 0 radical (unpaired) electrons. The Balaban J connectivity index is 1.65. The standard InChI is InChI=1S/C19H21N3O3/c1-19(2,3)14-4-5-15-16(10-14)25-17(12-24-15)18(23)22-21-11-13-6-8-20-9-7-13/h4-11,17H,12H2,1-3H3,(H,22,23). The molecule has 0 spiro atoms. The van der Waals surface area contributed by atoms with Gasteiger partial charge < -0.3 is 9.47 Å². The molecule has 1 atom stereocenters. The van der Waals surface area contributed by atoms with Crippen molar-refractivity contribution < 1.29 is 14.3 Å². The van der Waals surface area contributed by atoms with Crippen molar-refractivity contribution in [1.82, 2.24) is 10.4 Å². The second kappa shape index (κ2) is 6.93. The lowest BCUT2D eigenvalue weighted by atomic mass is 9.87. The maximum Gasteiger partial charge on any atom is 0.284 e. The molecular weight excluding hydrogens is 318 g/mol. The fourth-order valence-electron chi connectivity index (χ4n) is 2.36. The molecule has 0 saturated carbocycles. The van der Waals surface area contributed by atoms with Crippen molar-refractivity contribution in [2.24, 2.45) is 5.10 Å². The summed E-state index contributed by atoms with van der Waals surface area (Å²) >= 11 is 0. The molecule has 1 aliphatic heterocycles. The van der Waals surface area contributed by atoms with E-state index in [2.05, 4.69) is 36.3 Å². The summed E-state index contributed by atoms with van der Waals surface area (Å²) < 4.78 is 11.5. The minimum absolute atomic E-state index is 0.0115. The minimum atomic E-state index is -0.739. The van der Waals surface area contributed by atoms with Crippen molar-refractivity contribution in [1.29, 1.82) is 0 Å². The van der Waals surface area contributed by atoms with Crippen molar-refractivity contribution in [2.75, 3.05) is 6.61 Å². The van der Waals surface area contributed by atoms with Gasteiger partial charge in [-0.1, -0.05) is 26.8 Å². The third-order valence-electron chi connectivity index (χ3n) is 3.86. The second-order valence-electron chi connectivity index (χ2n) is 6.84. The molecule has 1 aromatic heterocycles. The second-order valence-corrected chi connectivity index (χ2v) is 6.84. The number of benzene rings is 1. The molecule has 6 nitrogen and oxygen atoms in total. The number of amides is 1. The maximum atomic E-state index is 12.2. The number of hydrazone groups is 1. The van der Waals surface area contributed by atoms with Crippen molar-refractivity contribution in [2.45, 2.75) is 32.3 Å². The lowest BCUT2D eigenvalue weighted by Gasteiger charge is -2.27. The van der Waals surface area contributed by atoms with Crippen LogP contribution in [0.3, 0.4) is 0 Å². The van der Waals surface area contributed by atoms with Gasteiger partial charge in [0.2, 0.25) is 6.10 Å². The molecule has 0 bridgehead atoms. The summed E-state index contributed by atoms with van der Waals surface area (Å²) in [6.07, 6.45) is 4.13. The van der Waals surface area contributed by atoms with Crippen LogP contribution in [0.2, 0.25) is 0 Å². The van der Waals surface area contributed by atoms with E-state index in [1.54, 1.807) is 30.7 Å². The molecule has 1 amide bonds. The van der Waals surface area contributed by atoms with Crippen LogP contribution in [0.4, 0.5) is 0 Å². The van der Waals surface area contributed by atoms with Crippen molar-refractivity contribution in [3.05, 3.63) is 53.9 Å². The monoisotopic (exact) mass is 339 g/mol. The van der Waals surface area contributed by atoms with Crippen molar-refractivity contribution >= 4 is 12.1 Å². The molecule has 1 aromatic carbocycles. The number of nitrogens with one attached hydrogen (secondary N) is 1. The topological polar surface area (TPSA) is 72.8 Å². The van der Waals surface area contributed by atoms with Crippen LogP contribution >= 0.6 is 0 Å². The van der Waals surface area contributed by atoms with E-state index >= 15 is 0 Å². The minimum Gasteiger partial charge on any atom is -0.485 e. The normalized spacial score (nSPS) is 16.7. The number of ether oxygens (including phenoxy) is 2. The molecule has 130 valence electrons. The Bertz CT molecular complexity index is 782. The van der Waals surface area contributed by atoms with Gasteiger partial charge in [0.05, 0.1) is 6.21 Å². The predicted octanol–water partition coefficient (Wildman–Crippen LogP) is 2.67. The number of hydrogen-bond donors (Lipinski definition) is 1. The lowest BCUT2D eigenvalue weighted by molar-refractivity contribution is -0.130. The number of pyridine rings is 1. The van der Waals surface area contributed by atoms with Gasteiger partial charge >= 0.3 is 0 Å². The molecular formula is C19H21N3O3. The largest absolute Gasteiger partial charge is 0.485 e. The SMILES string of the molecule is CC(C)(C)c1ccc2c(c1)OC(C(=O)NN=Cc1ccncc1)CO2.